The van der Waals surface area contributed by atoms with Gasteiger partial charge in [0, 0.05) is 17.1 Å². The van der Waals surface area contributed by atoms with E-state index in [1.807, 2.05) is 6.92 Å². The summed E-state index contributed by atoms with van der Waals surface area (Å²) in [4.78, 5) is 8.35. The van der Waals surface area contributed by atoms with E-state index in [4.69, 9.17) is 16.3 Å². The standard InChI is InChI=1S/C19H19ClFN3O4/c1-9-10-6-7-24(17(10)23-8-22-9)18-15(26)19(2,27)16(28-18)14(25)11-4-3-5-12(20)13(11)21/h3-8,14-16,18,25-27H,1-2H3/t14-,15-,16+,18+,19-/m0/s1. The molecule has 3 N–H and O–H groups in total. The Morgan fingerprint density at radius 3 is 2.82 bits per heavy atom. The fourth-order valence-electron chi connectivity index (χ4n) is 3.65. The van der Waals surface area contributed by atoms with Crippen LogP contribution in [0.25, 0.3) is 11.0 Å². The zero-order chi connectivity index (χ0) is 20.2. The van der Waals surface area contributed by atoms with Gasteiger partial charge in [0.15, 0.2) is 6.23 Å². The molecule has 3 heterocycles. The third-order valence-corrected chi connectivity index (χ3v) is 5.59. The van der Waals surface area contributed by atoms with Crippen molar-refractivity contribution in [2.45, 2.75) is 44.0 Å². The Labute approximate surface area is 165 Å². The average Bonchev–Trinajstić information content (AvgIpc) is 3.18. The van der Waals surface area contributed by atoms with Crippen LogP contribution in [0.5, 0.6) is 0 Å². The average molecular weight is 408 g/mol. The van der Waals surface area contributed by atoms with Crippen molar-refractivity contribution < 1.29 is 24.4 Å². The molecular formula is C19H19ClFN3O4. The number of nitrogens with zero attached hydrogens (tertiary/aromatic N) is 3. The van der Waals surface area contributed by atoms with E-state index in [9.17, 15) is 19.7 Å². The molecule has 5 atom stereocenters. The maximum atomic E-state index is 14.4. The van der Waals surface area contributed by atoms with Gasteiger partial charge in [-0.25, -0.2) is 14.4 Å². The van der Waals surface area contributed by atoms with Crippen LogP contribution in [-0.2, 0) is 4.74 Å². The molecule has 1 aliphatic rings. The lowest BCUT2D eigenvalue weighted by Crippen LogP contribution is -2.47. The highest BCUT2D eigenvalue weighted by atomic mass is 35.5. The summed E-state index contributed by atoms with van der Waals surface area (Å²) < 4.78 is 21.8. The van der Waals surface area contributed by atoms with Crippen molar-refractivity contribution in [2.24, 2.45) is 0 Å². The van der Waals surface area contributed by atoms with E-state index in [0.717, 1.165) is 11.1 Å². The fourth-order valence-corrected chi connectivity index (χ4v) is 3.83. The Bertz CT molecular complexity index is 1040. The van der Waals surface area contributed by atoms with E-state index < -0.39 is 36.0 Å². The number of aryl methyl sites for hydroxylation is 1. The lowest BCUT2D eigenvalue weighted by atomic mass is 9.88. The Balaban J connectivity index is 1.73. The number of aliphatic hydroxyl groups excluding tert-OH is 2. The molecule has 3 aromatic rings. The van der Waals surface area contributed by atoms with E-state index in [1.54, 1.807) is 16.8 Å². The molecule has 0 aliphatic carbocycles. The van der Waals surface area contributed by atoms with Crippen LogP contribution in [0.4, 0.5) is 4.39 Å². The molecule has 2 aromatic heterocycles. The van der Waals surface area contributed by atoms with Crippen LogP contribution in [0.3, 0.4) is 0 Å². The second-order valence-electron chi connectivity index (χ2n) is 7.13. The van der Waals surface area contributed by atoms with Gasteiger partial charge in [0.05, 0.1) is 10.7 Å². The van der Waals surface area contributed by atoms with Gasteiger partial charge < -0.3 is 24.6 Å². The summed E-state index contributed by atoms with van der Waals surface area (Å²) in [6.07, 6.45) is -2.25. The summed E-state index contributed by atoms with van der Waals surface area (Å²) in [5, 5.41) is 32.9. The van der Waals surface area contributed by atoms with Gasteiger partial charge >= 0.3 is 0 Å². The third-order valence-electron chi connectivity index (χ3n) is 5.30. The number of aromatic nitrogens is 3. The Morgan fingerprint density at radius 2 is 2.07 bits per heavy atom. The van der Waals surface area contributed by atoms with Crippen molar-refractivity contribution in [3.05, 3.63) is 58.9 Å². The molecule has 4 rings (SSSR count). The molecule has 0 spiro atoms. The first-order valence-corrected chi connectivity index (χ1v) is 9.07. The smallest absolute Gasteiger partial charge is 0.164 e. The predicted octanol–water partition coefficient (Wildman–Crippen LogP) is 2.28. The largest absolute Gasteiger partial charge is 0.385 e. The Kier molecular flexibility index (Phi) is 4.64. The maximum Gasteiger partial charge on any atom is 0.164 e. The van der Waals surface area contributed by atoms with E-state index in [0.29, 0.717) is 5.65 Å². The number of halogens is 2. The molecule has 0 amide bonds. The number of aliphatic hydroxyl groups is 3. The number of fused-ring (bicyclic) bond motifs is 1. The monoisotopic (exact) mass is 407 g/mol. The van der Waals surface area contributed by atoms with Crippen molar-refractivity contribution in [2.75, 3.05) is 0 Å². The highest BCUT2D eigenvalue weighted by molar-refractivity contribution is 6.30. The molecular weight excluding hydrogens is 389 g/mol. The van der Waals surface area contributed by atoms with Gasteiger partial charge in [-0.1, -0.05) is 23.7 Å². The van der Waals surface area contributed by atoms with Crippen LogP contribution in [-0.4, -0.2) is 47.7 Å². The second kappa shape index (κ2) is 6.75. The van der Waals surface area contributed by atoms with Crippen molar-refractivity contribution >= 4 is 22.6 Å². The van der Waals surface area contributed by atoms with Crippen LogP contribution < -0.4 is 0 Å². The molecule has 1 saturated heterocycles. The topological polar surface area (TPSA) is 101 Å². The van der Waals surface area contributed by atoms with Gasteiger partial charge in [-0.3, -0.25) is 0 Å². The van der Waals surface area contributed by atoms with E-state index >= 15 is 0 Å². The fraction of sp³-hybridized carbons (Fsp3) is 0.368. The zero-order valence-corrected chi connectivity index (χ0v) is 15.9. The number of hydrogen-bond acceptors (Lipinski definition) is 6. The lowest BCUT2D eigenvalue weighted by molar-refractivity contribution is -0.115. The Hall–Kier alpha value is -2.10. The van der Waals surface area contributed by atoms with Crippen LogP contribution in [0.1, 0.15) is 30.5 Å². The van der Waals surface area contributed by atoms with Gasteiger partial charge in [0.1, 0.15) is 41.7 Å². The predicted molar refractivity (Wildman–Crippen MR) is 99.2 cm³/mol. The lowest BCUT2D eigenvalue weighted by Gasteiger charge is -2.30. The number of ether oxygens (including phenoxy) is 1. The summed E-state index contributed by atoms with van der Waals surface area (Å²) in [7, 11) is 0. The van der Waals surface area contributed by atoms with Gasteiger partial charge in [-0.15, -0.1) is 0 Å². The molecule has 0 saturated carbocycles. The SMILES string of the molecule is Cc1ncnc2c1ccn2[C@@H]1O[C@H]([C@@H](O)c2cccc(Cl)c2F)[C@@](C)(O)[C@H]1O. The summed E-state index contributed by atoms with van der Waals surface area (Å²) in [6.45, 7) is 3.16. The summed E-state index contributed by atoms with van der Waals surface area (Å²) in [5.74, 6) is -0.802. The van der Waals surface area contributed by atoms with E-state index in [1.165, 1.54) is 31.5 Å². The molecule has 9 heteroatoms. The normalized spacial score (nSPS) is 28.8. The van der Waals surface area contributed by atoms with Crippen molar-refractivity contribution in [3.8, 4) is 0 Å². The molecule has 7 nitrogen and oxygen atoms in total. The number of hydrogen-bond donors (Lipinski definition) is 3. The number of rotatable bonds is 3. The van der Waals surface area contributed by atoms with Gasteiger partial charge in [0.2, 0.25) is 0 Å². The molecule has 148 valence electrons. The second-order valence-corrected chi connectivity index (χ2v) is 7.53. The zero-order valence-electron chi connectivity index (χ0n) is 15.1. The molecule has 28 heavy (non-hydrogen) atoms. The highest BCUT2D eigenvalue weighted by Gasteiger charge is 2.56. The van der Waals surface area contributed by atoms with Crippen molar-refractivity contribution in [3.63, 3.8) is 0 Å². The van der Waals surface area contributed by atoms with Gasteiger partial charge in [-0.2, -0.15) is 0 Å². The number of benzene rings is 1. The maximum absolute atomic E-state index is 14.4. The first-order chi connectivity index (χ1) is 13.2. The third kappa shape index (κ3) is 2.80. The minimum absolute atomic E-state index is 0.124. The first kappa shape index (κ1) is 19.2. The van der Waals surface area contributed by atoms with Crippen LogP contribution >= 0.6 is 11.6 Å². The summed E-state index contributed by atoms with van der Waals surface area (Å²) in [5.41, 5.74) is -0.726. The van der Waals surface area contributed by atoms with E-state index in [2.05, 4.69) is 9.97 Å². The highest BCUT2D eigenvalue weighted by Crippen LogP contribution is 2.44. The van der Waals surface area contributed by atoms with Crippen LogP contribution in [0, 0.1) is 12.7 Å². The minimum Gasteiger partial charge on any atom is -0.385 e. The molecule has 0 radical (unpaired) electrons. The quantitative estimate of drug-likeness (QED) is 0.615. The van der Waals surface area contributed by atoms with Crippen LogP contribution in [0.2, 0.25) is 5.02 Å². The summed E-state index contributed by atoms with van der Waals surface area (Å²) >= 11 is 5.80. The van der Waals surface area contributed by atoms with Crippen molar-refractivity contribution in [1.29, 1.82) is 0 Å². The Morgan fingerprint density at radius 1 is 1.32 bits per heavy atom. The van der Waals surface area contributed by atoms with E-state index in [-0.39, 0.29) is 10.6 Å². The summed E-state index contributed by atoms with van der Waals surface area (Å²) in [6, 6.07) is 5.97. The molecule has 1 fully saturated rings. The van der Waals surface area contributed by atoms with Gasteiger partial charge in [0.25, 0.3) is 0 Å². The van der Waals surface area contributed by atoms with Gasteiger partial charge in [-0.05, 0) is 26.0 Å². The molecule has 1 aromatic carbocycles. The minimum atomic E-state index is -1.86. The molecule has 0 bridgehead atoms. The van der Waals surface area contributed by atoms with Crippen LogP contribution in [0.15, 0.2) is 36.8 Å². The first-order valence-electron chi connectivity index (χ1n) is 8.69. The van der Waals surface area contributed by atoms with Crippen molar-refractivity contribution in [1.82, 2.24) is 14.5 Å². The molecule has 0 unspecified atom stereocenters. The molecule has 1 aliphatic heterocycles.